The predicted molar refractivity (Wildman–Crippen MR) is 61.0 cm³/mol. The topological polar surface area (TPSA) is 54.5 Å². The molecule has 0 saturated carbocycles. The molecule has 0 unspecified atom stereocenters. The second-order valence-corrected chi connectivity index (χ2v) is 4.44. The summed E-state index contributed by atoms with van der Waals surface area (Å²) in [6.45, 7) is 1.77. The molecule has 0 amide bonds. The van der Waals surface area contributed by atoms with E-state index in [2.05, 4.69) is 20.6 Å². The summed E-state index contributed by atoms with van der Waals surface area (Å²) in [5, 5.41) is 14.0. The zero-order valence-electron chi connectivity index (χ0n) is 9.63. The maximum atomic E-state index is 13.9. The first kappa shape index (κ1) is 10.4. The second kappa shape index (κ2) is 3.91. The van der Waals surface area contributed by atoms with Gasteiger partial charge in [-0.25, -0.2) is 4.39 Å². The van der Waals surface area contributed by atoms with Crippen LogP contribution < -0.4 is 0 Å². The molecule has 0 aliphatic heterocycles. The number of aryl methyl sites for hydroxylation is 1. The molecule has 1 aliphatic rings. The number of aromatic amines is 1. The van der Waals surface area contributed by atoms with E-state index in [4.69, 9.17) is 0 Å². The van der Waals surface area contributed by atoms with E-state index in [1.165, 1.54) is 5.56 Å². The number of rotatable bonds is 1. The molecule has 0 fully saturated rings. The van der Waals surface area contributed by atoms with E-state index in [1.54, 1.807) is 13.0 Å². The predicted octanol–water partition coefficient (Wildman–Crippen LogP) is 2.19. The molecule has 1 aromatic heterocycles. The van der Waals surface area contributed by atoms with Crippen molar-refractivity contribution >= 4 is 0 Å². The van der Waals surface area contributed by atoms with Crippen molar-refractivity contribution in [3.8, 4) is 11.4 Å². The first-order valence-electron chi connectivity index (χ1n) is 5.82. The smallest absolute Gasteiger partial charge is 0.205 e. The number of nitrogens with zero attached hydrogens (tertiary/aromatic N) is 3. The number of aromatic nitrogens is 4. The lowest BCUT2D eigenvalue weighted by Crippen LogP contribution is -2.08. The molecule has 3 rings (SSSR count). The largest absolute Gasteiger partial charge is 0.207 e. The van der Waals surface area contributed by atoms with Crippen LogP contribution in [0.3, 0.4) is 0 Å². The highest BCUT2D eigenvalue weighted by atomic mass is 19.1. The summed E-state index contributed by atoms with van der Waals surface area (Å²) < 4.78 is 13.9. The van der Waals surface area contributed by atoms with Crippen LogP contribution in [0.4, 0.5) is 4.39 Å². The number of benzene rings is 1. The molecule has 0 spiro atoms. The maximum Gasteiger partial charge on any atom is 0.205 e. The molecular formula is C12H13FN4. The van der Waals surface area contributed by atoms with E-state index in [-0.39, 0.29) is 5.82 Å². The number of nitrogens with one attached hydrogen (secondary N) is 1. The van der Waals surface area contributed by atoms with Gasteiger partial charge < -0.3 is 0 Å². The number of tetrazole rings is 1. The minimum atomic E-state index is -0.176. The summed E-state index contributed by atoms with van der Waals surface area (Å²) >= 11 is 0. The fraction of sp³-hybridized carbons (Fsp3) is 0.417. The minimum Gasteiger partial charge on any atom is -0.207 e. The lowest BCUT2D eigenvalue weighted by Gasteiger charge is -2.20. The summed E-state index contributed by atoms with van der Waals surface area (Å²) in [5.74, 6) is 0.325. The van der Waals surface area contributed by atoms with Gasteiger partial charge in [-0.1, -0.05) is 0 Å². The van der Waals surface area contributed by atoms with Crippen molar-refractivity contribution in [3.05, 3.63) is 28.6 Å². The molecule has 5 heteroatoms. The third-order valence-corrected chi connectivity index (χ3v) is 3.42. The Morgan fingerprint density at radius 2 is 2.12 bits per heavy atom. The van der Waals surface area contributed by atoms with Crippen molar-refractivity contribution in [1.82, 2.24) is 20.6 Å². The van der Waals surface area contributed by atoms with E-state index in [1.807, 2.05) is 0 Å². The lowest BCUT2D eigenvalue weighted by atomic mass is 9.85. The van der Waals surface area contributed by atoms with Crippen molar-refractivity contribution in [1.29, 1.82) is 0 Å². The highest BCUT2D eigenvalue weighted by Crippen LogP contribution is 2.33. The fourth-order valence-electron chi connectivity index (χ4n) is 2.55. The molecule has 0 saturated heterocycles. The fourth-order valence-corrected chi connectivity index (χ4v) is 2.55. The molecule has 0 atom stereocenters. The van der Waals surface area contributed by atoms with Crippen LogP contribution in [-0.4, -0.2) is 20.6 Å². The Balaban J connectivity index is 2.28. The summed E-state index contributed by atoms with van der Waals surface area (Å²) in [5.41, 5.74) is 3.73. The van der Waals surface area contributed by atoms with Crippen LogP contribution in [0.25, 0.3) is 11.4 Å². The van der Waals surface area contributed by atoms with Crippen LogP contribution in [0.15, 0.2) is 6.07 Å². The minimum absolute atomic E-state index is 0.176. The molecule has 4 nitrogen and oxygen atoms in total. The molecular weight excluding hydrogens is 219 g/mol. The van der Waals surface area contributed by atoms with E-state index in [0.29, 0.717) is 11.4 Å². The Hall–Kier alpha value is -1.78. The third kappa shape index (κ3) is 1.62. The van der Waals surface area contributed by atoms with Gasteiger partial charge in [0.05, 0.1) is 0 Å². The van der Waals surface area contributed by atoms with Crippen molar-refractivity contribution in [2.45, 2.75) is 32.6 Å². The molecule has 1 aliphatic carbocycles. The molecule has 17 heavy (non-hydrogen) atoms. The van der Waals surface area contributed by atoms with Crippen molar-refractivity contribution in [2.24, 2.45) is 0 Å². The van der Waals surface area contributed by atoms with Gasteiger partial charge in [0.2, 0.25) is 5.82 Å². The number of hydrogen-bond acceptors (Lipinski definition) is 3. The van der Waals surface area contributed by atoms with Gasteiger partial charge >= 0.3 is 0 Å². The Bertz CT molecular complexity index is 548. The van der Waals surface area contributed by atoms with Crippen LogP contribution >= 0.6 is 0 Å². The second-order valence-electron chi connectivity index (χ2n) is 4.44. The highest BCUT2D eigenvalue weighted by molar-refractivity contribution is 5.67. The van der Waals surface area contributed by atoms with Crippen LogP contribution in [0.2, 0.25) is 0 Å². The average molecular weight is 232 g/mol. The van der Waals surface area contributed by atoms with Crippen LogP contribution in [0.5, 0.6) is 0 Å². The summed E-state index contributed by atoms with van der Waals surface area (Å²) in [6, 6.07) is 1.66. The molecule has 1 aromatic carbocycles. The van der Waals surface area contributed by atoms with Gasteiger partial charge in [-0.3, -0.25) is 0 Å². The molecule has 0 bridgehead atoms. The van der Waals surface area contributed by atoms with Crippen LogP contribution in [-0.2, 0) is 12.8 Å². The Kier molecular flexibility index (Phi) is 2.39. The van der Waals surface area contributed by atoms with Gasteiger partial charge in [0.1, 0.15) is 5.82 Å². The Morgan fingerprint density at radius 1 is 1.29 bits per heavy atom. The van der Waals surface area contributed by atoms with Gasteiger partial charge in [-0.05, 0) is 60.6 Å². The van der Waals surface area contributed by atoms with Crippen molar-refractivity contribution in [2.75, 3.05) is 0 Å². The van der Waals surface area contributed by atoms with Gasteiger partial charge in [-0.2, -0.15) is 5.21 Å². The zero-order chi connectivity index (χ0) is 11.8. The Morgan fingerprint density at radius 3 is 2.88 bits per heavy atom. The van der Waals surface area contributed by atoms with Gasteiger partial charge in [0.25, 0.3) is 0 Å². The first-order chi connectivity index (χ1) is 8.27. The highest BCUT2D eigenvalue weighted by Gasteiger charge is 2.21. The van der Waals surface area contributed by atoms with Crippen molar-refractivity contribution in [3.63, 3.8) is 0 Å². The number of halogens is 1. The van der Waals surface area contributed by atoms with E-state index < -0.39 is 0 Å². The molecule has 2 aromatic rings. The molecule has 1 N–H and O–H groups in total. The standard InChI is InChI=1S/C12H13FN4/c1-7-10(13)6-8-4-2-3-5-9(8)11(7)12-14-16-17-15-12/h6H,2-5H2,1H3,(H,14,15,16,17). The molecule has 88 valence electrons. The molecule has 0 radical (unpaired) electrons. The summed E-state index contributed by atoms with van der Waals surface area (Å²) in [6.07, 6.45) is 4.18. The van der Waals surface area contributed by atoms with Crippen LogP contribution in [0.1, 0.15) is 29.5 Å². The maximum absolute atomic E-state index is 13.9. The van der Waals surface area contributed by atoms with Gasteiger partial charge in [0, 0.05) is 5.56 Å². The zero-order valence-corrected chi connectivity index (χ0v) is 9.63. The quantitative estimate of drug-likeness (QED) is 0.820. The summed E-state index contributed by atoms with van der Waals surface area (Å²) in [7, 11) is 0. The summed E-state index contributed by atoms with van der Waals surface area (Å²) in [4.78, 5) is 0. The number of H-pyrrole nitrogens is 1. The van der Waals surface area contributed by atoms with E-state index in [0.717, 1.165) is 36.8 Å². The normalized spacial score (nSPS) is 14.7. The van der Waals surface area contributed by atoms with Gasteiger partial charge in [0.15, 0.2) is 0 Å². The number of fused-ring (bicyclic) bond motifs is 1. The SMILES string of the molecule is Cc1c(F)cc2c(c1-c1nn[nH]n1)CCCC2. The van der Waals surface area contributed by atoms with Crippen molar-refractivity contribution < 1.29 is 4.39 Å². The first-order valence-corrected chi connectivity index (χ1v) is 5.82. The van der Waals surface area contributed by atoms with Crippen LogP contribution in [0, 0.1) is 12.7 Å². The number of hydrogen-bond donors (Lipinski definition) is 1. The average Bonchev–Trinajstić information content (AvgIpc) is 2.84. The third-order valence-electron chi connectivity index (χ3n) is 3.42. The Labute approximate surface area is 98.2 Å². The monoisotopic (exact) mass is 232 g/mol. The molecule has 1 heterocycles. The lowest BCUT2D eigenvalue weighted by molar-refractivity contribution is 0.606. The van der Waals surface area contributed by atoms with E-state index in [9.17, 15) is 4.39 Å². The van der Waals surface area contributed by atoms with E-state index >= 15 is 0 Å². The van der Waals surface area contributed by atoms with Gasteiger partial charge in [-0.15, -0.1) is 10.2 Å².